The lowest BCUT2D eigenvalue weighted by Gasteiger charge is -2.22. The summed E-state index contributed by atoms with van der Waals surface area (Å²) in [5.41, 5.74) is 2.28. The van der Waals surface area contributed by atoms with Gasteiger partial charge in [-0.2, -0.15) is 4.72 Å². The van der Waals surface area contributed by atoms with Gasteiger partial charge in [-0.05, 0) is 67.3 Å². The molecular weight excluding hydrogens is 480 g/mol. The highest BCUT2D eigenvalue weighted by molar-refractivity contribution is 7.89. The van der Waals surface area contributed by atoms with Gasteiger partial charge in [-0.25, -0.2) is 8.42 Å². The summed E-state index contributed by atoms with van der Waals surface area (Å²) >= 11 is 0. The van der Waals surface area contributed by atoms with Crippen molar-refractivity contribution in [2.45, 2.75) is 37.2 Å². The number of rotatable bonds is 11. The first-order valence-electron chi connectivity index (χ1n) is 11.4. The first kappa shape index (κ1) is 27.0. The number of amides is 1. The van der Waals surface area contributed by atoms with Crippen molar-refractivity contribution >= 4 is 15.9 Å². The minimum atomic E-state index is -4.00. The quantitative estimate of drug-likeness (QED) is 0.405. The molecule has 0 spiro atoms. The maximum Gasteiger partial charge on any atom is 0.241 e. The van der Waals surface area contributed by atoms with Crippen LogP contribution in [-0.4, -0.2) is 41.7 Å². The molecule has 3 aromatic carbocycles. The third-order valence-corrected chi connectivity index (χ3v) is 7.31. The zero-order valence-electron chi connectivity index (χ0n) is 21.1. The fourth-order valence-electron chi connectivity index (χ4n) is 3.83. The summed E-state index contributed by atoms with van der Waals surface area (Å²) in [5, 5.41) is 2.93. The van der Waals surface area contributed by atoms with E-state index in [1.807, 2.05) is 43.3 Å². The SMILES string of the molecule is COc1ccc(S(=O)(=O)N[C@H](Cc2ccccc2)C(=O)N[C@H](C)c2ccc(OC)c(OC)c2)cc1C. The Morgan fingerprint density at radius 3 is 2.11 bits per heavy atom. The van der Waals surface area contributed by atoms with Crippen LogP contribution in [0.2, 0.25) is 0 Å². The Balaban J connectivity index is 1.86. The highest BCUT2D eigenvalue weighted by Gasteiger charge is 2.28. The normalized spacial score (nSPS) is 12.9. The molecule has 0 aliphatic rings. The Labute approximate surface area is 212 Å². The van der Waals surface area contributed by atoms with Crippen LogP contribution in [0.25, 0.3) is 0 Å². The summed E-state index contributed by atoms with van der Waals surface area (Å²) in [4.78, 5) is 13.4. The highest BCUT2D eigenvalue weighted by atomic mass is 32.2. The summed E-state index contributed by atoms with van der Waals surface area (Å²) < 4.78 is 44.9. The van der Waals surface area contributed by atoms with Gasteiger partial charge < -0.3 is 19.5 Å². The van der Waals surface area contributed by atoms with Gasteiger partial charge in [-0.1, -0.05) is 36.4 Å². The van der Waals surface area contributed by atoms with Crippen LogP contribution in [0.3, 0.4) is 0 Å². The van der Waals surface area contributed by atoms with Gasteiger partial charge >= 0.3 is 0 Å². The number of carbonyl (C=O) groups excluding carboxylic acids is 1. The second kappa shape index (κ2) is 11.9. The van der Waals surface area contributed by atoms with E-state index in [4.69, 9.17) is 14.2 Å². The van der Waals surface area contributed by atoms with Crippen molar-refractivity contribution in [2.24, 2.45) is 0 Å². The van der Waals surface area contributed by atoms with E-state index in [-0.39, 0.29) is 11.3 Å². The third kappa shape index (κ3) is 6.56. The molecule has 0 aromatic heterocycles. The largest absolute Gasteiger partial charge is 0.496 e. The molecule has 0 aliphatic carbocycles. The molecule has 2 atom stereocenters. The summed E-state index contributed by atoms with van der Waals surface area (Å²) in [5.74, 6) is 1.24. The lowest BCUT2D eigenvalue weighted by Crippen LogP contribution is -2.48. The summed E-state index contributed by atoms with van der Waals surface area (Å²) in [6.07, 6.45) is 0.180. The van der Waals surface area contributed by atoms with E-state index >= 15 is 0 Å². The van der Waals surface area contributed by atoms with Crippen molar-refractivity contribution in [1.29, 1.82) is 0 Å². The van der Waals surface area contributed by atoms with Gasteiger partial charge in [0.15, 0.2) is 11.5 Å². The molecule has 0 unspecified atom stereocenters. The minimum absolute atomic E-state index is 0.0552. The maximum absolute atomic E-state index is 13.4. The predicted octanol–water partition coefficient (Wildman–Crippen LogP) is 3.79. The number of ether oxygens (including phenoxy) is 3. The third-order valence-electron chi connectivity index (χ3n) is 5.84. The highest BCUT2D eigenvalue weighted by Crippen LogP contribution is 2.30. The molecule has 0 saturated heterocycles. The van der Waals surface area contributed by atoms with E-state index in [0.717, 1.165) is 11.1 Å². The van der Waals surface area contributed by atoms with Crippen LogP contribution in [0.5, 0.6) is 17.2 Å². The van der Waals surface area contributed by atoms with Gasteiger partial charge in [0.05, 0.1) is 32.3 Å². The van der Waals surface area contributed by atoms with Gasteiger partial charge in [0, 0.05) is 0 Å². The van der Waals surface area contributed by atoms with Crippen molar-refractivity contribution < 1.29 is 27.4 Å². The van der Waals surface area contributed by atoms with Crippen molar-refractivity contribution in [1.82, 2.24) is 10.0 Å². The van der Waals surface area contributed by atoms with Gasteiger partial charge in [0.2, 0.25) is 15.9 Å². The molecule has 9 heteroatoms. The minimum Gasteiger partial charge on any atom is -0.496 e. The fourth-order valence-corrected chi connectivity index (χ4v) is 5.11. The summed E-state index contributed by atoms with van der Waals surface area (Å²) in [6, 6.07) is 17.7. The van der Waals surface area contributed by atoms with Crippen LogP contribution in [0.15, 0.2) is 71.6 Å². The molecule has 0 aliphatic heterocycles. The van der Waals surface area contributed by atoms with E-state index in [2.05, 4.69) is 10.0 Å². The number of aryl methyl sites for hydroxylation is 1. The molecule has 36 heavy (non-hydrogen) atoms. The van der Waals surface area contributed by atoms with Crippen LogP contribution in [0.1, 0.15) is 29.7 Å². The van der Waals surface area contributed by atoms with Crippen molar-refractivity contribution in [2.75, 3.05) is 21.3 Å². The van der Waals surface area contributed by atoms with Gasteiger partial charge in [-0.3, -0.25) is 4.79 Å². The zero-order chi connectivity index (χ0) is 26.3. The molecule has 8 nitrogen and oxygen atoms in total. The van der Waals surface area contributed by atoms with E-state index in [9.17, 15) is 13.2 Å². The molecule has 192 valence electrons. The van der Waals surface area contributed by atoms with Gasteiger partial charge in [0.25, 0.3) is 0 Å². The molecule has 0 bridgehead atoms. The lowest BCUT2D eigenvalue weighted by molar-refractivity contribution is -0.123. The average Bonchev–Trinajstić information content (AvgIpc) is 2.88. The van der Waals surface area contributed by atoms with E-state index in [1.54, 1.807) is 32.2 Å². The van der Waals surface area contributed by atoms with E-state index < -0.39 is 28.0 Å². The average molecular weight is 513 g/mol. The fraction of sp³-hybridized carbons (Fsp3) is 0.296. The number of benzene rings is 3. The Hall–Kier alpha value is -3.56. The number of sulfonamides is 1. The van der Waals surface area contributed by atoms with E-state index in [0.29, 0.717) is 22.8 Å². The Bertz CT molecular complexity index is 1290. The smallest absolute Gasteiger partial charge is 0.241 e. The van der Waals surface area contributed by atoms with Crippen LogP contribution < -0.4 is 24.2 Å². The number of methoxy groups -OCH3 is 3. The molecule has 3 rings (SSSR count). The number of nitrogens with one attached hydrogen (secondary N) is 2. The Morgan fingerprint density at radius 1 is 0.861 bits per heavy atom. The van der Waals surface area contributed by atoms with Crippen molar-refractivity contribution in [3.63, 3.8) is 0 Å². The molecular formula is C27H32N2O6S. The lowest BCUT2D eigenvalue weighted by atomic mass is 10.0. The summed E-state index contributed by atoms with van der Waals surface area (Å²) in [6.45, 7) is 3.58. The van der Waals surface area contributed by atoms with Crippen LogP contribution in [-0.2, 0) is 21.2 Å². The molecule has 0 radical (unpaired) electrons. The first-order chi connectivity index (χ1) is 17.2. The van der Waals surface area contributed by atoms with Crippen LogP contribution in [0.4, 0.5) is 0 Å². The van der Waals surface area contributed by atoms with Crippen molar-refractivity contribution in [3.05, 3.63) is 83.4 Å². The Morgan fingerprint density at radius 2 is 1.50 bits per heavy atom. The van der Waals surface area contributed by atoms with E-state index in [1.165, 1.54) is 26.4 Å². The molecule has 3 aromatic rings. The summed E-state index contributed by atoms with van der Waals surface area (Å²) in [7, 11) is 0.614. The van der Waals surface area contributed by atoms with Gasteiger partial charge in [0.1, 0.15) is 11.8 Å². The monoisotopic (exact) mass is 512 g/mol. The number of hydrogen-bond acceptors (Lipinski definition) is 6. The van der Waals surface area contributed by atoms with Gasteiger partial charge in [-0.15, -0.1) is 0 Å². The second-order valence-electron chi connectivity index (χ2n) is 8.34. The molecule has 0 saturated carbocycles. The van der Waals surface area contributed by atoms with Crippen molar-refractivity contribution in [3.8, 4) is 17.2 Å². The molecule has 1 amide bonds. The second-order valence-corrected chi connectivity index (χ2v) is 10.1. The first-order valence-corrected chi connectivity index (χ1v) is 12.9. The topological polar surface area (TPSA) is 103 Å². The zero-order valence-corrected chi connectivity index (χ0v) is 21.9. The molecule has 2 N–H and O–H groups in total. The van der Waals surface area contributed by atoms with Crippen LogP contribution in [0, 0.1) is 6.92 Å². The van der Waals surface area contributed by atoms with Crippen LogP contribution >= 0.6 is 0 Å². The Kier molecular flexibility index (Phi) is 8.95. The molecule has 0 heterocycles. The maximum atomic E-state index is 13.4. The predicted molar refractivity (Wildman–Crippen MR) is 138 cm³/mol. The number of carbonyl (C=O) groups is 1. The standard InChI is InChI=1S/C27H32N2O6S/c1-18-15-22(12-14-24(18)33-3)36(31,32)29-23(16-20-9-7-6-8-10-20)27(30)28-19(2)21-11-13-25(34-4)26(17-21)35-5/h6-15,17,19,23,29H,16H2,1-5H3,(H,28,30)/t19-,23-/m1/s1. The molecule has 0 fully saturated rings. The number of hydrogen-bond donors (Lipinski definition) is 2.